The average molecular weight is 417 g/mol. The van der Waals surface area contributed by atoms with E-state index in [0.717, 1.165) is 25.9 Å². The molecule has 9 atom stereocenters. The fourth-order valence-corrected chi connectivity index (χ4v) is 8.01. The van der Waals surface area contributed by atoms with Gasteiger partial charge in [-0.05, 0) is 81.5 Å². The molecule has 1 saturated heterocycles. The van der Waals surface area contributed by atoms with Gasteiger partial charge in [-0.3, -0.25) is 0 Å². The maximum atomic E-state index is 11.0. The molecular formula is C26H40O4. The normalized spacial score (nSPS) is 49.4. The fourth-order valence-electron chi connectivity index (χ4n) is 8.01. The van der Waals surface area contributed by atoms with Crippen LogP contribution in [0.2, 0.25) is 0 Å². The quantitative estimate of drug-likeness (QED) is 0.697. The topological polar surface area (TPSA) is 58.9 Å². The van der Waals surface area contributed by atoms with E-state index in [9.17, 15) is 10.2 Å². The van der Waals surface area contributed by atoms with Crippen LogP contribution in [0.3, 0.4) is 0 Å². The minimum Gasteiger partial charge on any atom is -0.393 e. The fraction of sp³-hybridized carbons (Fsp3) is 0.846. The summed E-state index contributed by atoms with van der Waals surface area (Å²) in [5.74, 6) is 1.55. The van der Waals surface area contributed by atoms with Crippen molar-refractivity contribution >= 4 is 0 Å². The van der Waals surface area contributed by atoms with Crippen LogP contribution in [-0.4, -0.2) is 41.4 Å². The summed E-state index contributed by atoms with van der Waals surface area (Å²) in [6.45, 7) is 7.86. The highest BCUT2D eigenvalue weighted by Crippen LogP contribution is 2.65. The highest BCUT2D eigenvalue weighted by molar-refractivity contribution is 5.40. The van der Waals surface area contributed by atoms with E-state index in [1.165, 1.54) is 31.3 Å². The molecule has 3 saturated carbocycles. The maximum absolute atomic E-state index is 11.0. The summed E-state index contributed by atoms with van der Waals surface area (Å²) in [4.78, 5) is 0. The molecule has 1 aliphatic heterocycles. The van der Waals surface area contributed by atoms with Crippen LogP contribution in [0.25, 0.3) is 0 Å². The van der Waals surface area contributed by atoms with E-state index < -0.39 is 12.2 Å². The molecule has 0 aromatic carbocycles. The highest BCUT2D eigenvalue weighted by atomic mass is 16.7. The average Bonchev–Trinajstić information content (AvgIpc) is 3.07. The molecule has 4 heteroatoms. The Morgan fingerprint density at radius 2 is 1.90 bits per heavy atom. The van der Waals surface area contributed by atoms with Crippen LogP contribution in [0.15, 0.2) is 23.3 Å². The summed E-state index contributed by atoms with van der Waals surface area (Å²) in [6, 6.07) is 0. The molecular weight excluding hydrogens is 376 g/mol. The van der Waals surface area contributed by atoms with Gasteiger partial charge in [-0.2, -0.15) is 0 Å². The van der Waals surface area contributed by atoms with Crippen LogP contribution in [0.4, 0.5) is 0 Å². The van der Waals surface area contributed by atoms with Crippen LogP contribution in [0.1, 0.15) is 78.6 Å². The number of rotatable bonds is 3. The van der Waals surface area contributed by atoms with Crippen LogP contribution in [-0.2, 0) is 9.47 Å². The molecule has 4 aliphatic carbocycles. The third-order valence-electron chi connectivity index (χ3n) is 9.79. The van der Waals surface area contributed by atoms with Crippen molar-refractivity contribution in [3.05, 3.63) is 23.3 Å². The minimum absolute atomic E-state index is 0.0187. The van der Waals surface area contributed by atoms with Crippen molar-refractivity contribution in [1.82, 2.24) is 0 Å². The highest BCUT2D eigenvalue weighted by Gasteiger charge is 2.59. The summed E-state index contributed by atoms with van der Waals surface area (Å²) < 4.78 is 12.3. The number of hydrogen-bond donors (Lipinski definition) is 2. The van der Waals surface area contributed by atoms with Crippen LogP contribution >= 0.6 is 0 Å². The SMILES string of the molecule is C[C@@H](OC1CCCCO1)[C@H]1CC[C@H]2C3=CC=C4C[C@@H](O)C[C@H](O)[C@]4(C)[C@H]3CC[C@]12C. The van der Waals surface area contributed by atoms with Crippen molar-refractivity contribution in [1.29, 1.82) is 0 Å². The predicted molar refractivity (Wildman–Crippen MR) is 117 cm³/mol. The van der Waals surface area contributed by atoms with Gasteiger partial charge < -0.3 is 19.7 Å². The number of hydrogen-bond acceptors (Lipinski definition) is 4. The summed E-state index contributed by atoms with van der Waals surface area (Å²) >= 11 is 0. The Hall–Kier alpha value is -0.680. The third kappa shape index (κ3) is 3.17. The number of ether oxygens (including phenoxy) is 2. The molecule has 0 radical (unpaired) electrons. The van der Waals surface area contributed by atoms with Crippen LogP contribution in [0, 0.1) is 28.6 Å². The standard InChI is InChI=1S/C26H40O4/c1-16(30-24-6-4-5-13-29-24)20-9-10-21-19-8-7-17-14-18(27)15-23(28)26(17,3)22(19)11-12-25(20,21)2/h7-8,16,18,20-24,27-28H,4-6,9-15H2,1-3H3/t16-,18-,20-,21+,22+,23+,24?,25-,26+/m1/s1. The van der Waals surface area contributed by atoms with E-state index in [4.69, 9.17) is 9.47 Å². The van der Waals surface area contributed by atoms with Crippen molar-refractivity contribution in [2.24, 2.45) is 28.6 Å². The van der Waals surface area contributed by atoms with Crippen molar-refractivity contribution < 1.29 is 19.7 Å². The number of allylic oxidation sites excluding steroid dienone is 3. The Morgan fingerprint density at radius 1 is 1.07 bits per heavy atom. The van der Waals surface area contributed by atoms with Crippen molar-refractivity contribution in [2.45, 2.75) is 103 Å². The Morgan fingerprint density at radius 3 is 2.67 bits per heavy atom. The van der Waals surface area contributed by atoms with E-state index in [-0.39, 0.29) is 23.2 Å². The van der Waals surface area contributed by atoms with E-state index in [1.807, 2.05) is 0 Å². The van der Waals surface area contributed by atoms with Crippen molar-refractivity contribution in [3.63, 3.8) is 0 Å². The monoisotopic (exact) mass is 416 g/mol. The smallest absolute Gasteiger partial charge is 0.157 e. The summed E-state index contributed by atoms with van der Waals surface area (Å²) in [6.07, 6.45) is 13.3. The maximum Gasteiger partial charge on any atom is 0.157 e. The van der Waals surface area contributed by atoms with Gasteiger partial charge in [0.2, 0.25) is 0 Å². The van der Waals surface area contributed by atoms with Crippen LogP contribution in [0.5, 0.6) is 0 Å². The number of aliphatic hydroxyl groups excluding tert-OH is 2. The molecule has 1 unspecified atom stereocenters. The summed E-state index contributed by atoms with van der Waals surface area (Å²) in [5.41, 5.74) is 2.87. The minimum atomic E-state index is -0.450. The van der Waals surface area contributed by atoms with Gasteiger partial charge in [-0.15, -0.1) is 0 Å². The molecule has 30 heavy (non-hydrogen) atoms. The molecule has 0 amide bonds. The van der Waals surface area contributed by atoms with E-state index >= 15 is 0 Å². The zero-order valence-electron chi connectivity index (χ0n) is 19.0. The van der Waals surface area contributed by atoms with E-state index in [0.29, 0.717) is 30.6 Å². The second kappa shape index (κ2) is 7.72. The molecule has 5 rings (SSSR count). The summed E-state index contributed by atoms with van der Waals surface area (Å²) in [5, 5.41) is 21.2. The lowest BCUT2D eigenvalue weighted by atomic mass is 9.49. The zero-order chi connectivity index (χ0) is 21.1. The van der Waals surface area contributed by atoms with E-state index in [2.05, 4.69) is 32.9 Å². The third-order valence-corrected chi connectivity index (χ3v) is 9.79. The Bertz CT molecular complexity index is 723. The molecule has 0 spiro atoms. The summed E-state index contributed by atoms with van der Waals surface area (Å²) in [7, 11) is 0. The first kappa shape index (κ1) is 21.2. The van der Waals surface area contributed by atoms with Gasteiger partial charge in [0, 0.05) is 18.4 Å². The predicted octanol–water partition coefficient (Wildman–Crippen LogP) is 4.75. The molecule has 4 nitrogen and oxygen atoms in total. The van der Waals surface area contributed by atoms with Crippen molar-refractivity contribution in [2.75, 3.05) is 6.61 Å². The Labute approximate surface area is 181 Å². The molecule has 1 heterocycles. The lowest BCUT2D eigenvalue weighted by molar-refractivity contribution is -0.202. The van der Waals surface area contributed by atoms with Gasteiger partial charge in [-0.25, -0.2) is 0 Å². The molecule has 0 bridgehead atoms. The van der Waals surface area contributed by atoms with Gasteiger partial charge in [0.15, 0.2) is 6.29 Å². The van der Waals surface area contributed by atoms with Gasteiger partial charge in [0.1, 0.15) is 0 Å². The Kier molecular flexibility index (Phi) is 5.45. The van der Waals surface area contributed by atoms with Gasteiger partial charge in [-0.1, -0.05) is 37.1 Å². The molecule has 4 fully saturated rings. The largest absolute Gasteiger partial charge is 0.393 e. The van der Waals surface area contributed by atoms with Gasteiger partial charge >= 0.3 is 0 Å². The molecule has 0 aromatic rings. The van der Waals surface area contributed by atoms with Gasteiger partial charge in [0.05, 0.1) is 18.3 Å². The van der Waals surface area contributed by atoms with Crippen molar-refractivity contribution in [3.8, 4) is 0 Å². The lowest BCUT2D eigenvalue weighted by Gasteiger charge is -2.56. The molecule has 168 valence electrons. The number of aliphatic hydroxyl groups is 2. The first-order chi connectivity index (χ1) is 14.3. The lowest BCUT2D eigenvalue weighted by Crippen LogP contribution is -2.52. The Balaban J connectivity index is 1.38. The molecule has 5 aliphatic rings. The first-order valence-corrected chi connectivity index (χ1v) is 12.4. The molecule has 2 N–H and O–H groups in total. The second-order valence-corrected chi connectivity index (χ2v) is 11.2. The second-order valence-electron chi connectivity index (χ2n) is 11.2. The zero-order valence-corrected chi connectivity index (χ0v) is 19.0. The first-order valence-electron chi connectivity index (χ1n) is 12.4. The van der Waals surface area contributed by atoms with E-state index in [1.54, 1.807) is 5.57 Å². The van der Waals surface area contributed by atoms with Crippen LogP contribution < -0.4 is 0 Å². The number of fused-ring (bicyclic) bond motifs is 5. The molecule has 0 aromatic heterocycles. The van der Waals surface area contributed by atoms with Gasteiger partial charge in [0.25, 0.3) is 0 Å².